The number of hydrogen-bond acceptors (Lipinski definition) is 7. The van der Waals surface area contributed by atoms with Crippen molar-refractivity contribution < 1.29 is 24.2 Å². The van der Waals surface area contributed by atoms with Crippen molar-refractivity contribution in [3.63, 3.8) is 0 Å². The monoisotopic (exact) mass is 506 g/mol. The number of halogens is 1. The summed E-state index contributed by atoms with van der Waals surface area (Å²) in [6, 6.07) is 18.0. The number of anilines is 1. The van der Waals surface area contributed by atoms with Gasteiger partial charge in [-0.2, -0.15) is 0 Å². The number of benzene rings is 3. The number of ether oxygens (including phenoxy) is 2. The zero-order valence-corrected chi connectivity index (χ0v) is 20.3. The minimum absolute atomic E-state index is 0.0364. The Morgan fingerprint density at radius 2 is 1.74 bits per heavy atom. The van der Waals surface area contributed by atoms with Gasteiger partial charge in [-0.15, -0.1) is 0 Å². The average molecular weight is 507 g/mol. The number of ketones is 1. The number of aliphatic hydroxyl groups excluding tert-OH is 1. The zero-order chi connectivity index (χ0) is 24.7. The van der Waals surface area contributed by atoms with Crippen molar-refractivity contribution in [1.29, 1.82) is 0 Å². The lowest BCUT2D eigenvalue weighted by Gasteiger charge is -2.23. The molecular formula is C26H19ClN2O5S. The van der Waals surface area contributed by atoms with Crippen LogP contribution in [-0.4, -0.2) is 36.0 Å². The van der Waals surface area contributed by atoms with Gasteiger partial charge in [0.15, 0.2) is 5.13 Å². The van der Waals surface area contributed by atoms with Crippen LogP contribution in [0.3, 0.4) is 0 Å². The third kappa shape index (κ3) is 4.00. The highest BCUT2D eigenvalue weighted by Gasteiger charge is 2.48. The molecule has 1 amide bonds. The number of Topliss-reactive ketones (excluding diaryl/α,β-unsaturated/α-hetero) is 1. The van der Waals surface area contributed by atoms with Gasteiger partial charge in [-0.3, -0.25) is 14.5 Å². The maximum absolute atomic E-state index is 13.3. The minimum atomic E-state index is -0.900. The molecule has 5 rings (SSSR count). The largest absolute Gasteiger partial charge is 0.507 e. The molecule has 1 aromatic heterocycles. The fourth-order valence-electron chi connectivity index (χ4n) is 4.05. The molecule has 0 saturated carbocycles. The Balaban J connectivity index is 1.72. The lowest BCUT2D eigenvalue weighted by molar-refractivity contribution is -0.132. The molecule has 4 aromatic rings. The first-order chi connectivity index (χ1) is 16.9. The van der Waals surface area contributed by atoms with Crippen molar-refractivity contribution >= 4 is 55.7 Å². The quantitative estimate of drug-likeness (QED) is 0.215. The first kappa shape index (κ1) is 22.9. The van der Waals surface area contributed by atoms with E-state index in [1.54, 1.807) is 73.8 Å². The highest BCUT2D eigenvalue weighted by molar-refractivity contribution is 7.22. The predicted octanol–water partition coefficient (Wildman–Crippen LogP) is 5.59. The van der Waals surface area contributed by atoms with Crippen molar-refractivity contribution in [1.82, 2.24) is 4.98 Å². The van der Waals surface area contributed by atoms with E-state index in [1.165, 1.54) is 23.3 Å². The Labute approximate surface area is 209 Å². The Bertz CT molecular complexity index is 1500. The molecule has 1 saturated heterocycles. The summed E-state index contributed by atoms with van der Waals surface area (Å²) in [4.78, 5) is 32.6. The van der Waals surface area contributed by atoms with Gasteiger partial charge in [0.25, 0.3) is 5.78 Å². The third-order valence-electron chi connectivity index (χ3n) is 5.76. The lowest BCUT2D eigenvalue weighted by Crippen LogP contribution is -2.29. The smallest absolute Gasteiger partial charge is 0.301 e. The lowest BCUT2D eigenvalue weighted by atomic mass is 9.95. The van der Waals surface area contributed by atoms with Crippen LogP contribution >= 0.6 is 22.9 Å². The molecule has 1 atom stereocenters. The van der Waals surface area contributed by atoms with Gasteiger partial charge >= 0.3 is 5.91 Å². The number of amides is 1. The summed E-state index contributed by atoms with van der Waals surface area (Å²) >= 11 is 7.38. The van der Waals surface area contributed by atoms with Crippen molar-refractivity contribution in [2.45, 2.75) is 6.04 Å². The van der Waals surface area contributed by atoms with E-state index in [4.69, 9.17) is 21.1 Å². The molecule has 35 heavy (non-hydrogen) atoms. The van der Waals surface area contributed by atoms with Crippen molar-refractivity contribution in [2.24, 2.45) is 0 Å². The fourth-order valence-corrected chi connectivity index (χ4v) is 5.31. The number of nitrogens with zero attached hydrogens (tertiary/aromatic N) is 2. The van der Waals surface area contributed by atoms with Crippen LogP contribution in [0.1, 0.15) is 17.2 Å². The van der Waals surface area contributed by atoms with Crippen LogP contribution in [0.25, 0.3) is 16.0 Å². The van der Waals surface area contributed by atoms with Crippen molar-refractivity contribution in [3.8, 4) is 11.5 Å². The van der Waals surface area contributed by atoms with Crippen LogP contribution in [0.2, 0.25) is 5.02 Å². The van der Waals surface area contributed by atoms with Crippen LogP contribution in [0, 0.1) is 0 Å². The Morgan fingerprint density at radius 1 is 1.00 bits per heavy atom. The second kappa shape index (κ2) is 9.05. The molecule has 3 aromatic carbocycles. The molecule has 1 aliphatic heterocycles. The molecule has 176 valence electrons. The van der Waals surface area contributed by atoms with Crippen molar-refractivity contribution in [3.05, 3.63) is 88.5 Å². The van der Waals surface area contributed by atoms with Gasteiger partial charge in [0.05, 0.1) is 36.1 Å². The van der Waals surface area contributed by atoms with Gasteiger partial charge in [-0.1, -0.05) is 47.2 Å². The minimum Gasteiger partial charge on any atom is -0.507 e. The van der Waals surface area contributed by atoms with E-state index in [1.807, 2.05) is 0 Å². The zero-order valence-electron chi connectivity index (χ0n) is 18.7. The van der Waals surface area contributed by atoms with E-state index in [0.29, 0.717) is 38.3 Å². The van der Waals surface area contributed by atoms with Crippen LogP contribution in [0.4, 0.5) is 5.13 Å². The number of carbonyl (C=O) groups excluding carboxylic acids is 2. The summed E-state index contributed by atoms with van der Waals surface area (Å²) < 4.78 is 11.3. The Kier molecular flexibility index (Phi) is 5.92. The first-order valence-corrected chi connectivity index (χ1v) is 11.8. The summed E-state index contributed by atoms with van der Waals surface area (Å²) in [5.74, 6) is -0.751. The predicted molar refractivity (Wildman–Crippen MR) is 135 cm³/mol. The molecule has 1 unspecified atom stereocenters. The number of aromatic nitrogens is 1. The first-order valence-electron chi connectivity index (χ1n) is 10.6. The number of hydrogen-bond donors (Lipinski definition) is 1. The van der Waals surface area contributed by atoms with Crippen LogP contribution < -0.4 is 14.4 Å². The number of methoxy groups -OCH3 is 2. The Morgan fingerprint density at radius 3 is 2.46 bits per heavy atom. The third-order valence-corrected chi connectivity index (χ3v) is 7.02. The van der Waals surface area contributed by atoms with Crippen molar-refractivity contribution in [2.75, 3.05) is 19.1 Å². The van der Waals surface area contributed by atoms with Gasteiger partial charge in [-0.05, 0) is 48.0 Å². The second-order valence-corrected chi connectivity index (χ2v) is 9.23. The van der Waals surface area contributed by atoms with Gasteiger partial charge in [-0.25, -0.2) is 4.98 Å². The van der Waals surface area contributed by atoms with E-state index in [0.717, 1.165) is 4.70 Å². The van der Waals surface area contributed by atoms with Crippen LogP contribution in [0.5, 0.6) is 11.5 Å². The molecule has 0 aliphatic carbocycles. The molecule has 0 spiro atoms. The van der Waals surface area contributed by atoms with E-state index in [9.17, 15) is 14.7 Å². The molecule has 0 radical (unpaired) electrons. The number of thiazole rings is 1. The maximum Gasteiger partial charge on any atom is 0.301 e. The summed E-state index contributed by atoms with van der Waals surface area (Å²) in [5.41, 5.74) is 1.59. The van der Waals surface area contributed by atoms with Crippen LogP contribution in [0.15, 0.2) is 72.3 Å². The van der Waals surface area contributed by atoms with E-state index >= 15 is 0 Å². The normalized spacial score (nSPS) is 17.2. The van der Waals surface area contributed by atoms with Gasteiger partial charge in [0.2, 0.25) is 0 Å². The maximum atomic E-state index is 13.3. The standard InChI is InChI=1S/C26H19ClN2O5S/c1-33-17-9-6-14(7-10-17)22-21(23(30)15-4-3-5-18(12-15)34-2)24(31)25(32)29(22)26-28-19-11-8-16(27)13-20(19)35-26/h3-13,22,30H,1-2H3. The Hall–Kier alpha value is -3.88. The van der Waals surface area contributed by atoms with E-state index in [2.05, 4.69) is 4.98 Å². The number of fused-ring (bicyclic) bond motifs is 1. The SMILES string of the molecule is COc1ccc(C2C(=C(O)c3cccc(OC)c3)C(=O)C(=O)N2c2nc3ccc(Cl)cc3s2)cc1. The molecule has 9 heteroatoms. The molecule has 1 fully saturated rings. The molecule has 7 nitrogen and oxygen atoms in total. The second-order valence-electron chi connectivity index (χ2n) is 7.78. The molecule has 2 heterocycles. The van der Waals surface area contributed by atoms with E-state index in [-0.39, 0.29) is 11.3 Å². The summed E-state index contributed by atoms with van der Waals surface area (Å²) in [5, 5.41) is 12.1. The summed E-state index contributed by atoms with van der Waals surface area (Å²) in [6.45, 7) is 0. The molecule has 0 bridgehead atoms. The number of aliphatic hydroxyl groups is 1. The topological polar surface area (TPSA) is 89.0 Å². The van der Waals surface area contributed by atoms with Gasteiger partial charge in [0, 0.05) is 10.6 Å². The van der Waals surface area contributed by atoms with Gasteiger partial charge in [0.1, 0.15) is 17.3 Å². The number of rotatable bonds is 5. The highest BCUT2D eigenvalue weighted by atomic mass is 35.5. The van der Waals surface area contributed by atoms with Gasteiger partial charge < -0.3 is 14.6 Å². The summed E-state index contributed by atoms with van der Waals surface area (Å²) in [7, 11) is 3.06. The summed E-state index contributed by atoms with van der Waals surface area (Å²) in [6.07, 6.45) is 0. The van der Waals surface area contributed by atoms with E-state index < -0.39 is 17.7 Å². The fraction of sp³-hybridized carbons (Fsp3) is 0.115. The molecular weight excluding hydrogens is 488 g/mol. The van der Waals surface area contributed by atoms with Crippen LogP contribution in [-0.2, 0) is 9.59 Å². The molecule has 1 N–H and O–H groups in total. The average Bonchev–Trinajstić information content (AvgIpc) is 3.41. The molecule has 1 aliphatic rings. The highest BCUT2D eigenvalue weighted by Crippen LogP contribution is 2.45. The number of carbonyl (C=O) groups is 2.